The van der Waals surface area contributed by atoms with E-state index in [9.17, 15) is 37.6 Å². The number of para-hydroxylation sites is 1. The Balaban J connectivity index is 1.90. The molecule has 37 heavy (non-hydrogen) atoms. The number of carbonyl (C=O) groups excluding carboxylic acids is 4. The van der Waals surface area contributed by atoms with E-state index in [0.717, 1.165) is 4.90 Å². The van der Waals surface area contributed by atoms with Gasteiger partial charge in [-0.15, -0.1) is 0 Å². The zero-order valence-electron chi connectivity index (χ0n) is 21.1. The molecule has 0 aromatic heterocycles. The van der Waals surface area contributed by atoms with Crippen LogP contribution in [0.1, 0.15) is 45.6 Å². The molecule has 2 N–H and O–H groups in total. The predicted molar refractivity (Wildman–Crippen MR) is 127 cm³/mol. The van der Waals surface area contributed by atoms with E-state index < -0.39 is 47.4 Å². The molecule has 0 bridgehead atoms. The number of carbonyl (C=O) groups is 4. The lowest BCUT2D eigenvalue weighted by Gasteiger charge is -2.35. The van der Waals surface area contributed by atoms with Crippen LogP contribution >= 0.6 is 0 Å². The lowest BCUT2D eigenvalue weighted by Crippen LogP contribution is -2.57. The van der Waals surface area contributed by atoms with Crippen molar-refractivity contribution < 1.29 is 32.3 Å². The Labute approximate surface area is 213 Å². The molecule has 2 aliphatic heterocycles. The third kappa shape index (κ3) is 5.26. The van der Waals surface area contributed by atoms with Crippen molar-refractivity contribution in [3.63, 3.8) is 0 Å². The Morgan fingerprint density at radius 1 is 1.30 bits per heavy atom. The molecule has 9 nitrogen and oxygen atoms in total. The van der Waals surface area contributed by atoms with Gasteiger partial charge in [-0.25, -0.2) is 0 Å². The van der Waals surface area contributed by atoms with Gasteiger partial charge in [0.2, 0.25) is 17.7 Å². The van der Waals surface area contributed by atoms with Gasteiger partial charge in [-0.1, -0.05) is 39.0 Å². The van der Waals surface area contributed by atoms with Crippen molar-refractivity contribution >= 4 is 29.3 Å². The normalized spacial score (nSPS) is 22.3. The van der Waals surface area contributed by atoms with Crippen LogP contribution in [-0.4, -0.2) is 71.3 Å². The van der Waals surface area contributed by atoms with Gasteiger partial charge < -0.3 is 20.4 Å². The number of amides is 4. The van der Waals surface area contributed by atoms with Gasteiger partial charge in [0.25, 0.3) is 0 Å². The standard InChI is InChI=1S/C25H30F3N5O4/c1-5-17(30-23(37)25(26,27)28)20(34)32(4)19(10-14(2)3)21(35)33-13-24(11-15(33)12-29)16-8-6-7-9-18(16)31-22(24)36/h6-9,14-15,17,19H,5,10-11,13H2,1-4H3,(H,30,37)(H,31,36)/t15-,17-,19-,24-/m0/s1. The van der Waals surface area contributed by atoms with Gasteiger partial charge in [0, 0.05) is 25.7 Å². The molecule has 2 aliphatic rings. The van der Waals surface area contributed by atoms with Gasteiger partial charge in [0.05, 0.1) is 11.5 Å². The molecule has 1 saturated heterocycles. The van der Waals surface area contributed by atoms with Crippen LogP contribution in [-0.2, 0) is 24.6 Å². The molecule has 1 fully saturated rings. The van der Waals surface area contributed by atoms with E-state index in [1.54, 1.807) is 29.6 Å². The summed E-state index contributed by atoms with van der Waals surface area (Å²) in [6, 6.07) is 5.57. The highest BCUT2D eigenvalue weighted by atomic mass is 19.4. The highest BCUT2D eigenvalue weighted by Crippen LogP contribution is 2.46. The average molecular weight is 522 g/mol. The third-order valence-corrected chi connectivity index (χ3v) is 6.98. The maximum absolute atomic E-state index is 13.8. The lowest BCUT2D eigenvalue weighted by molar-refractivity contribution is -0.175. The SMILES string of the molecule is CC[C@H](NC(=O)C(F)(F)F)C(=O)N(C)[C@@H](CC(C)C)C(=O)N1C[C@]2(C[C@H]1C#N)C(=O)Nc1ccccc12. The largest absolute Gasteiger partial charge is 0.471 e. The summed E-state index contributed by atoms with van der Waals surface area (Å²) in [5, 5.41) is 14.4. The number of hydrogen-bond acceptors (Lipinski definition) is 5. The number of nitriles is 1. The van der Waals surface area contributed by atoms with E-state index in [4.69, 9.17) is 0 Å². The van der Waals surface area contributed by atoms with Crippen LogP contribution in [0.5, 0.6) is 0 Å². The monoisotopic (exact) mass is 521 g/mol. The topological polar surface area (TPSA) is 123 Å². The van der Waals surface area contributed by atoms with E-state index in [1.807, 2.05) is 13.8 Å². The molecular weight excluding hydrogens is 491 g/mol. The van der Waals surface area contributed by atoms with Crippen molar-refractivity contribution in [2.45, 2.75) is 69.8 Å². The summed E-state index contributed by atoms with van der Waals surface area (Å²) in [4.78, 5) is 53.8. The molecule has 12 heteroatoms. The zero-order chi connectivity index (χ0) is 27.7. The Kier molecular flexibility index (Phi) is 7.86. The quantitative estimate of drug-likeness (QED) is 0.570. The summed E-state index contributed by atoms with van der Waals surface area (Å²) < 4.78 is 38.3. The highest BCUT2D eigenvalue weighted by Gasteiger charge is 2.56. The number of anilines is 1. The second kappa shape index (κ2) is 10.4. The second-order valence-electron chi connectivity index (χ2n) is 9.92. The summed E-state index contributed by atoms with van der Waals surface area (Å²) in [6.07, 6.45) is -5.06. The first kappa shape index (κ1) is 28.0. The Hall–Kier alpha value is -3.62. The fourth-order valence-electron chi connectivity index (χ4n) is 5.03. The zero-order valence-corrected chi connectivity index (χ0v) is 21.1. The van der Waals surface area contributed by atoms with E-state index in [1.165, 1.54) is 18.9 Å². The number of rotatable bonds is 7. The van der Waals surface area contributed by atoms with Crippen molar-refractivity contribution in [3.05, 3.63) is 29.8 Å². The Morgan fingerprint density at radius 3 is 2.51 bits per heavy atom. The minimum absolute atomic E-state index is 0.0728. The number of nitrogens with zero attached hydrogens (tertiary/aromatic N) is 3. The molecule has 0 unspecified atom stereocenters. The molecule has 1 spiro atoms. The molecule has 200 valence electrons. The molecule has 4 atom stereocenters. The molecule has 0 radical (unpaired) electrons. The Bertz CT molecular complexity index is 1130. The average Bonchev–Trinajstić information content (AvgIpc) is 3.37. The molecule has 3 rings (SSSR count). The molecule has 2 heterocycles. The van der Waals surface area contributed by atoms with Gasteiger partial charge in [-0.3, -0.25) is 19.2 Å². The lowest BCUT2D eigenvalue weighted by atomic mass is 9.80. The number of halogens is 3. The summed E-state index contributed by atoms with van der Waals surface area (Å²) in [5.74, 6) is -4.10. The summed E-state index contributed by atoms with van der Waals surface area (Å²) in [5.41, 5.74) is 0.168. The van der Waals surface area contributed by atoms with Crippen molar-refractivity contribution in [1.82, 2.24) is 15.1 Å². The number of hydrogen-bond donors (Lipinski definition) is 2. The van der Waals surface area contributed by atoms with Gasteiger partial charge in [0.1, 0.15) is 18.1 Å². The van der Waals surface area contributed by atoms with Crippen LogP contribution in [0.3, 0.4) is 0 Å². The molecule has 1 aromatic carbocycles. The summed E-state index contributed by atoms with van der Waals surface area (Å²) >= 11 is 0. The summed E-state index contributed by atoms with van der Waals surface area (Å²) in [6.45, 7) is 4.99. The maximum Gasteiger partial charge on any atom is 0.471 e. The number of nitrogens with one attached hydrogen (secondary N) is 2. The first-order chi connectivity index (χ1) is 17.3. The number of alkyl halides is 3. The fraction of sp³-hybridized carbons (Fsp3) is 0.560. The first-order valence-electron chi connectivity index (χ1n) is 12.0. The van der Waals surface area contributed by atoms with Crippen molar-refractivity contribution in [2.24, 2.45) is 5.92 Å². The van der Waals surface area contributed by atoms with E-state index in [-0.39, 0.29) is 37.6 Å². The van der Waals surface area contributed by atoms with Gasteiger partial charge >= 0.3 is 12.1 Å². The van der Waals surface area contributed by atoms with Gasteiger partial charge in [0.15, 0.2) is 0 Å². The second-order valence-corrected chi connectivity index (χ2v) is 9.92. The van der Waals surface area contributed by atoms with E-state index in [2.05, 4.69) is 11.4 Å². The van der Waals surface area contributed by atoms with Crippen molar-refractivity contribution in [2.75, 3.05) is 18.9 Å². The van der Waals surface area contributed by atoms with Crippen molar-refractivity contribution in [3.8, 4) is 6.07 Å². The smallest absolute Gasteiger partial charge is 0.336 e. The van der Waals surface area contributed by atoms with Crippen LogP contribution in [0.2, 0.25) is 0 Å². The number of likely N-dealkylation sites (tertiary alicyclic amines) is 1. The highest BCUT2D eigenvalue weighted by molar-refractivity contribution is 6.07. The van der Waals surface area contributed by atoms with E-state index >= 15 is 0 Å². The molecule has 0 aliphatic carbocycles. The van der Waals surface area contributed by atoms with Gasteiger partial charge in [-0.2, -0.15) is 18.4 Å². The van der Waals surface area contributed by atoms with Gasteiger partial charge in [-0.05, 0) is 30.4 Å². The Morgan fingerprint density at radius 2 is 1.95 bits per heavy atom. The minimum Gasteiger partial charge on any atom is -0.336 e. The first-order valence-corrected chi connectivity index (χ1v) is 12.0. The minimum atomic E-state index is -5.17. The van der Waals surface area contributed by atoms with Crippen molar-refractivity contribution in [1.29, 1.82) is 5.26 Å². The molecular formula is C25H30F3N5O4. The predicted octanol–water partition coefficient (Wildman–Crippen LogP) is 2.33. The third-order valence-electron chi connectivity index (χ3n) is 6.98. The summed E-state index contributed by atoms with van der Waals surface area (Å²) in [7, 11) is 1.29. The molecule has 4 amide bonds. The number of likely N-dealkylation sites (N-methyl/N-ethyl adjacent to an activating group) is 1. The van der Waals surface area contributed by atoms with Crippen LogP contribution < -0.4 is 10.6 Å². The van der Waals surface area contributed by atoms with Crippen LogP contribution in [0.4, 0.5) is 18.9 Å². The fourth-order valence-corrected chi connectivity index (χ4v) is 5.03. The van der Waals surface area contributed by atoms with Crippen LogP contribution in [0, 0.1) is 17.2 Å². The van der Waals surface area contributed by atoms with Crippen LogP contribution in [0.25, 0.3) is 0 Å². The van der Waals surface area contributed by atoms with E-state index in [0.29, 0.717) is 11.3 Å². The van der Waals surface area contributed by atoms with Crippen LogP contribution in [0.15, 0.2) is 24.3 Å². The molecule has 0 saturated carbocycles. The number of fused-ring (bicyclic) bond motifs is 2. The number of benzene rings is 1. The molecule has 1 aromatic rings. The maximum atomic E-state index is 13.8.